The van der Waals surface area contributed by atoms with E-state index in [1.807, 2.05) is 12.1 Å². The van der Waals surface area contributed by atoms with Crippen LogP contribution >= 0.6 is 12.4 Å². The van der Waals surface area contributed by atoms with Crippen molar-refractivity contribution in [3.8, 4) is 0 Å². The second-order valence-corrected chi connectivity index (χ2v) is 4.70. The molecule has 3 N–H and O–H groups in total. The Bertz CT molecular complexity index is 652. The number of rotatable bonds is 6. The van der Waals surface area contributed by atoms with Gasteiger partial charge in [-0.2, -0.15) is 0 Å². The quantitative estimate of drug-likeness (QED) is 0.785. The fourth-order valence-electron chi connectivity index (χ4n) is 1.95. The zero-order valence-corrected chi connectivity index (χ0v) is 13.5. The number of amides is 1. The monoisotopic (exact) mass is 338 g/mol. The molecule has 1 aromatic heterocycles. The maximum Gasteiger partial charge on any atom is 0.337 e. The van der Waals surface area contributed by atoms with Crippen molar-refractivity contribution in [2.45, 2.75) is 13.0 Å². The molecule has 0 unspecified atom stereocenters. The van der Waals surface area contributed by atoms with Crippen molar-refractivity contribution < 1.29 is 18.7 Å². The van der Waals surface area contributed by atoms with Gasteiger partial charge < -0.3 is 20.2 Å². The summed E-state index contributed by atoms with van der Waals surface area (Å²) in [4.78, 5) is 23.2. The second kappa shape index (κ2) is 8.97. The van der Waals surface area contributed by atoms with E-state index in [-0.39, 0.29) is 30.8 Å². The molecule has 0 saturated carbocycles. The molecule has 0 spiro atoms. The Morgan fingerprint density at radius 1 is 1.22 bits per heavy atom. The van der Waals surface area contributed by atoms with Crippen molar-refractivity contribution in [3.63, 3.8) is 0 Å². The molecular weight excluding hydrogens is 320 g/mol. The van der Waals surface area contributed by atoms with Crippen LogP contribution in [0.25, 0.3) is 0 Å². The molecule has 0 radical (unpaired) electrons. The first-order chi connectivity index (χ1) is 10.6. The fraction of sp³-hybridized carbons (Fsp3) is 0.250. The highest BCUT2D eigenvalue weighted by molar-refractivity contribution is 5.94. The molecule has 0 fully saturated rings. The van der Waals surface area contributed by atoms with Crippen LogP contribution < -0.4 is 11.1 Å². The molecule has 1 amide bonds. The van der Waals surface area contributed by atoms with Gasteiger partial charge in [0.2, 0.25) is 0 Å². The summed E-state index contributed by atoms with van der Waals surface area (Å²) in [6, 6.07) is 8.70. The standard InChI is InChI=1S/C16H18N2O4.ClH/c1-21-16(20)12-4-2-11(3-5-12)6-7-18-15(19)13-8-14(9-17)22-10-13;/h2-5,8,10H,6-7,9,17H2,1H3,(H,18,19);1H. The van der Waals surface area contributed by atoms with Gasteiger partial charge in [0.15, 0.2) is 0 Å². The van der Waals surface area contributed by atoms with Crippen LogP contribution in [0.4, 0.5) is 0 Å². The molecule has 124 valence electrons. The van der Waals surface area contributed by atoms with Gasteiger partial charge in [0.1, 0.15) is 12.0 Å². The third kappa shape index (κ3) is 5.12. The van der Waals surface area contributed by atoms with Gasteiger partial charge in [0.05, 0.1) is 24.8 Å². The van der Waals surface area contributed by atoms with Crippen molar-refractivity contribution in [2.75, 3.05) is 13.7 Å². The highest BCUT2D eigenvalue weighted by Crippen LogP contribution is 2.08. The maximum atomic E-state index is 11.9. The summed E-state index contributed by atoms with van der Waals surface area (Å²) in [5, 5.41) is 2.80. The molecule has 0 aliphatic rings. The molecule has 2 rings (SSSR count). The van der Waals surface area contributed by atoms with E-state index in [0.29, 0.717) is 29.9 Å². The number of nitrogens with two attached hydrogens (primary N) is 1. The summed E-state index contributed by atoms with van der Waals surface area (Å²) in [6.07, 6.45) is 2.05. The summed E-state index contributed by atoms with van der Waals surface area (Å²) in [6.45, 7) is 0.749. The van der Waals surface area contributed by atoms with Crippen molar-refractivity contribution >= 4 is 24.3 Å². The number of nitrogens with one attached hydrogen (secondary N) is 1. The summed E-state index contributed by atoms with van der Waals surface area (Å²) >= 11 is 0. The summed E-state index contributed by atoms with van der Waals surface area (Å²) in [5.74, 6) is 0.00805. The molecule has 0 aliphatic heterocycles. The number of esters is 1. The molecule has 2 aromatic rings. The lowest BCUT2D eigenvalue weighted by Gasteiger charge is -2.05. The summed E-state index contributed by atoms with van der Waals surface area (Å²) in [7, 11) is 1.34. The summed E-state index contributed by atoms with van der Waals surface area (Å²) < 4.78 is 9.75. The number of hydrogen-bond acceptors (Lipinski definition) is 5. The Kier molecular flexibility index (Phi) is 7.31. The minimum atomic E-state index is -0.365. The van der Waals surface area contributed by atoms with E-state index in [2.05, 4.69) is 10.1 Å². The number of ether oxygens (including phenoxy) is 1. The number of hydrogen-bond donors (Lipinski definition) is 2. The Morgan fingerprint density at radius 2 is 1.91 bits per heavy atom. The molecule has 0 aliphatic carbocycles. The van der Waals surface area contributed by atoms with E-state index in [1.54, 1.807) is 18.2 Å². The average Bonchev–Trinajstić information content (AvgIpc) is 3.04. The van der Waals surface area contributed by atoms with Crippen molar-refractivity contribution in [3.05, 3.63) is 59.0 Å². The first-order valence-electron chi connectivity index (χ1n) is 6.87. The van der Waals surface area contributed by atoms with Crippen LogP contribution in [0.1, 0.15) is 32.0 Å². The third-order valence-corrected chi connectivity index (χ3v) is 3.19. The lowest BCUT2D eigenvalue weighted by molar-refractivity contribution is 0.0600. The van der Waals surface area contributed by atoms with Crippen LogP contribution in [-0.2, 0) is 17.7 Å². The van der Waals surface area contributed by atoms with E-state index in [1.165, 1.54) is 13.4 Å². The zero-order chi connectivity index (χ0) is 15.9. The Labute approximate surface area is 140 Å². The minimum Gasteiger partial charge on any atom is -0.467 e. The SMILES string of the molecule is COC(=O)c1ccc(CCNC(=O)c2coc(CN)c2)cc1.Cl. The van der Waals surface area contributed by atoms with E-state index < -0.39 is 0 Å². The summed E-state index contributed by atoms with van der Waals surface area (Å²) in [5.41, 5.74) is 7.40. The predicted molar refractivity (Wildman–Crippen MR) is 87.7 cm³/mol. The number of halogens is 1. The zero-order valence-electron chi connectivity index (χ0n) is 12.7. The first-order valence-corrected chi connectivity index (χ1v) is 6.87. The van der Waals surface area contributed by atoms with E-state index in [0.717, 1.165) is 5.56 Å². The average molecular weight is 339 g/mol. The molecule has 6 nitrogen and oxygen atoms in total. The van der Waals surface area contributed by atoms with Crippen molar-refractivity contribution in [1.82, 2.24) is 5.32 Å². The van der Waals surface area contributed by atoms with Gasteiger partial charge in [0, 0.05) is 6.54 Å². The number of benzene rings is 1. The Morgan fingerprint density at radius 3 is 2.48 bits per heavy atom. The molecule has 1 heterocycles. The van der Waals surface area contributed by atoms with Gasteiger partial charge in [-0.1, -0.05) is 12.1 Å². The van der Waals surface area contributed by atoms with Crippen LogP contribution in [0.2, 0.25) is 0 Å². The number of methoxy groups -OCH3 is 1. The van der Waals surface area contributed by atoms with Crippen molar-refractivity contribution in [1.29, 1.82) is 0 Å². The van der Waals surface area contributed by atoms with Crippen LogP contribution in [-0.4, -0.2) is 25.5 Å². The molecule has 0 atom stereocenters. The normalized spacial score (nSPS) is 9.83. The van der Waals surface area contributed by atoms with Gasteiger partial charge in [-0.25, -0.2) is 4.79 Å². The third-order valence-electron chi connectivity index (χ3n) is 3.19. The lowest BCUT2D eigenvalue weighted by Crippen LogP contribution is -2.25. The topological polar surface area (TPSA) is 94.6 Å². The Hall–Kier alpha value is -2.31. The van der Waals surface area contributed by atoms with Gasteiger partial charge in [-0.3, -0.25) is 4.79 Å². The molecule has 0 saturated heterocycles. The maximum absolute atomic E-state index is 11.9. The van der Waals surface area contributed by atoms with Crippen LogP contribution in [0.15, 0.2) is 41.0 Å². The van der Waals surface area contributed by atoms with Crippen LogP contribution in [0.3, 0.4) is 0 Å². The predicted octanol–water partition coefficient (Wildman–Crippen LogP) is 1.92. The second-order valence-electron chi connectivity index (χ2n) is 4.70. The van der Waals surface area contributed by atoms with E-state index in [9.17, 15) is 9.59 Å². The van der Waals surface area contributed by atoms with Crippen molar-refractivity contribution in [2.24, 2.45) is 5.73 Å². The van der Waals surface area contributed by atoms with E-state index >= 15 is 0 Å². The molecule has 0 bridgehead atoms. The van der Waals surface area contributed by atoms with Gasteiger partial charge >= 0.3 is 5.97 Å². The highest BCUT2D eigenvalue weighted by atomic mass is 35.5. The van der Waals surface area contributed by atoms with E-state index in [4.69, 9.17) is 10.2 Å². The molecule has 1 aromatic carbocycles. The van der Waals surface area contributed by atoms with Gasteiger partial charge in [0.25, 0.3) is 5.91 Å². The first kappa shape index (κ1) is 18.7. The van der Waals surface area contributed by atoms with Crippen LogP contribution in [0.5, 0.6) is 0 Å². The smallest absolute Gasteiger partial charge is 0.337 e. The number of carbonyl (C=O) groups excluding carboxylic acids is 2. The molecule has 23 heavy (non-hydrogen) atoms. The lowest BCUT2D eigenvalue weighted by atomic mass is 10.1. The minimum absolute atomic E-state index is 0. The largest absolute Gasteiger partial charge is 0.467 e. The highest BCUT2D eigenvalue weighted by Gasteiger charge is 2.09. The van der Waals surface area contributed by atoms with Gasteiger partial charge in [-0.15, -0.1) is 12.4 Å². The fourth-order valence-corrected chi connectivity index (χ4v) is 1.95. The van der Waals surface area contributed by atoms with Crippen LogP contribution in [0, 0.1) is 0 Å². The Balaban J connectivity index is 0.00000264. The van der Waals surface area contributed by atoms with Gasteiger partial charge in [-0.05, 0) is 30.2 Å². The number of carbonyl (C=O) groups is 2. The molecule has 7 heteroatoms. The molecular formula is C16H19ClN2O4. The number of furan rings is 1.